The van der Waals surface area contributed by atoms with E-state index in [0.29, 0.717) is 16.8 Å². The minimum absolute atomic E-state index is 0.113. The summed E-state index contributed by atoms with van der Waals surface area (Å²) in [6.45, 7) is 3.79. The Kier molecular flexibility index (Phi) is 4.81. The van der Waals surface area contributed by atoms with Gasteiger partial charge in [0, 0.05) is 17.2 Å². The SMILES string of the molecule is CC(C)N1C(=O)[C@](O)(CC(=O)c2ccc(-c3ccccc3)cc2)c2ccccc21. The zero-order chi connectivity index (χ0) is 20.6. The number of hydrogen-bond donors (Lipinski definition) is 1. The quantitative estimate of drug-likeness (QED) is 0.655. The Morgan fingerprint density at radius 3 is 2.14 bits per heavy atom. The lowest BCUT2D eigenvalue weighted by atomic mass is 9.88. The average Bonchev–Trinajstić information content (AvgIpc) is 2.96. The summed E-state index contributed by atoms with van der Waals surface area (Å²) in [6.07, 6.45) is -0.281. The van der Waals surface area contributed by atoms with Crippen LogP contribution in [-0.2, 0) is 10.4 Å². The van der Waals surface area contributed by atoms with Gasteiger partial charge >= 0.3 is 0 Å². The van der Waals surface area contributed by atoms with Crippen LogP contribution in [0.5, 0.6) is 0 Å². The maximum Gasteiger partial charge on any atom is 0.264 e. The molecular formula is C25H23NO3. The Balaban J connectivity index is 1.62. The van der Waals surface area contributed by atoms with Crippen LogP contribution >= 0.6 is 0 Å². The van der Waals surface area contributed by atoms with E-state index in [-0.39, 0.29) is 18.2 Å². The predicted octanol–water partition coefficient (Wildman–Crippen LogP) is 4.57. The van der Waals surface area contributed by atoms with Crippen LogP contribution in [0.25, 0.3) is 11.1 Å². The molecule has 1 amide bonds. The lowest BCUT2D eigenvalue weighted by molar-refractivity contribution is -0.136. The molecule has 146 valence electrons. The number of benzene rings is 3. The van der Waals surface area contributed by atoms with E-state index in [2.05, 4.69) is 0 Å². The van der Waals surface area contributed by atoms with Gasteiger partial charge in [-0.3, -0.25) is 9.59 Å². The minimum atomic E-state index is -1.84. The van der Waals surface area contributed by atoms with Crippen molar-refractivity contribution in [2.45, 2.75) is 31.9 Å². The molecule has 1 aliphatic heterocycles. The van der Waals surface area contributed by atoms with Crippen LogP contribution < -0.4 is 4.90 Å². The maximum absolute atomic E-state index is 13.1. The predicted molar refractivity (Wildman–Crippen MR) is 114 cm³/mol. The van der Waals surface area contributed by atoms with Crippen molar-refractivity contribution in [3.05, 3.63) is 90.0 Å². The molecule has 29 heavy (non-hydrogen) atoms. The van der Waals surface area contributed by atoms with E-state index in [4.69, 9.17) is 0 Å². The topological polar surface area (TPSA) is 57.6 Å². The average molecular weight is 385 g/mol. The molecule has 0 saturated carbocycles. The van der Waals surface area contributed by atoms with E-state index in [1.807, 2.05) is 68.4 Å². The Hall–Kier alpha value is -3.24. The zero-order valence-electron chi connectivity index (χ0n) is 16.5. The number of ketones is 1. The molecule has 1 N–H and O–H groups in total. The summed E-state index contributed by atoms with van der Waals surface area (Å²) < 4.78 is 0. The number of amides is 1. The molecule has 0 spiro atoms. The van der Waals surface area contributed by atoms with Crippen LogP contribution in [0, 0.1) is 0 Å². The minimum Gasteiger partial charge on any atom is -0.375 e. The highest BCUT2D eigenvalue weighted by Crippen LogP contribution is 2.43. The third-order valence-corrected chi connectivity index (χ3v) is 5.43. The van der Waals surface area contributed by atoms with Gasteiger partial charge in [-0.05, 0) is 31.0 Å². The smallest absolute Gasteiger partial charge is 0.264 e. The molecule has 0 bridgehead atoms. The highest BCUT2D eigenvalue weighted by atomic mass is 16.3. The Morgan fingerprint density at radius 2 is 1.48 bits per heavy atom. The summed E-state index contributed by atoms with van der Waals surface area (Å²) in [5, 5.41) is 11.3. The molecule has 0 aliphatic carbocycles. The van der Waals surface area contributed by atoms with Gasteiger partial charge in [0.05, 0.1) is 12.1 Å². The van der Waals surface area contributed by atoms with E-state index in [1.54, 1.807) is 29.2 Å². The molecule has 1 heterocycles. The first-order chi connectivity index (χ1) is 13.9. The van der Waals surface area contributed by atoms with Gasteiger partial charge in [-0.2, -0.15) is 0 Å². The summed E-state index contributed by atoms with van der Waals surface area (Å²) in [7, 11) is 0. The van der Waals surface area contributed by atoms with Gasteiger partial charge in [0.15, 0.2) is 11.4 Å². The Labute approximate surface area is 170 Å². The van der Waals surface area contributed by atoms with E-state index in [9.17, 15) is 14.7 Å². The van der Waals surface area contributed by atoms with Crippen molar-refractivity contribution in [3.63, 3.8) is 0 Å². The molecule has 4 heteroatoms. The normalized spacial score (nSPS) is 18.2. The number of rotatable bonds is 5. The number of hydrogen-bond acceptors (Lipinski definition) is 3. The van der Waals surface area contributed by atoms with Crippen molar-refractivity contribution in [1.82, 2.24) is 0 Å². The number of aliphatic hydroxyl groups is 1. The Morgan fingerprint density at radius 1 is 0.897 bits per heavy atom. The van der Waals surface area contributed by atoms with Gasteiger partial charge in [0.2, 0.25) is 0 Å². The first kappa shape index (κ1) is 19.1. The summed E-state index contributed by atoms with van der Waals surface area (Å²) in [6, 6.07) is 24.2. The van der Waals surface area contributed by atoms with Gasteiger partial charge in [-0.15, -0.1) is 0 Å². The third-order valence-electron chi connectivity index (χ3n) is 5.43. The molecule has 0 fully saturated rings. The number of carbonyl (C=O) groups is 2. The van der Waals surface area contributed by atoms with Crippen molar-refractivity contribution in [2.75, 3.05) is 4.90 Å². The molecule has 4 rings (SSSR count). The number of nitrogens with zero attached hydrogens (tertiary/aromatic N) is 1. The highest BCUT2D eigenvalue weighted by Gasteiger charge is 2.51. The first-order valence-corrected chi connectivity index (χ1v) is 9.76. The van der Waals surface area contributed by atoms with Gasteiger partial charge < -0.3 is 10.0 Å². The fourth-order valence-corrected chi connectivity index (χ4v) is 3.95. The number of fused-ring (bicyclic) bond motifs is 1. The van der Waals surface area contributed by atoms with Crippen molar-refractivity contribution < 1.29 is 14.7 Å². The fraction of sp³-hybridized carbons (Fsp3) is 0.200. The first-order valence-electron chi connectivity index (χ1n) is 9.76. The van der Waals surface area contributed by atoms with E-state index < -0.39 is 11.5 Å². The second-order valence-electron chi connectivity index (χ2n) is 7.69. The number of carbonyl (C=O) groups excluding carboxylic acids is 2. The lowest BCUT2D eigenvalue weighted by Crippen LogP contribution is -2.44. The molecule has 3 aromatic carbocycles. The number of anilines is 1. The molecule has 0 unspecified atom stereocenters. The third kappa shape index (κ3) is 3.26. The Bertz CT molecular complexity index is 1060. The van der Waals surface area contributed by atoms with Crippen molar-refractivity contribution in [3.8, 4) is 11.1 Å². The molecule has 0 saturated heterocycles. The lowest BCUT2D eigenvalue weighted by Gasteiger charge is -2.25. The van der Waals surface area contributed by atoms with Crippen molar-refractivity contribution in [1.29, 1.82) is 0 Å². The van der Waals surface area contributed by atoms with Crippen LogP contribution in [0.1, 0.15) is 36.2 Å². The molecule has 1 atom stereocenters. The van der Waals surface area contributed by atoms with E-state index in [1.165, 1.54) is 0 Å². The van der Waals surface area contributed by atoms with Crippen LogP contribution in [0.3, 0.4) is 0 Å². The molecule has 3 aromatic rings. The second kappa shape index (κ2) is 7.30. The molecule has 4 nitrogen and oxygen atoms in total. The van der Waals surface area contributed by atoms with Gasteiger partial charge in [0.25, 0.3) is 5.91 Å². The summed E-state index contributed by atoms with van der Waals surface area (Å²) in [4.78, 5) is 27.6. The monoisotopic (exact) mass is 385 g/mol. The van der Waals surface area contributed by atoms with Crippen LogP contribution in [0.4, 0.5) is 5.69 Å². The number of Topliss-reactive ketones (excluding diaryl/α,β-unsaturated/α-hetero) is 1. The number of para-hydroxylation sites is 1. The summed E-state index contributed by atoms with van der Waals surface area (Å²) in [5.41, 5.74) is 1.88. The largest absolute Gasteiger partial charge is 0.375 e. The van der Waals surface area contributed by atoms with Crippen LogP contribution in [0.15, 0.2) is 78.9 Å². The van der Waals surface area contributed by atoms with Crippen molar-refractivity contribution in [2.24, 2.45) is 0 Å². The zero-order valence-corrected chi connectivity index (χ0v) is 16.5. The van der Waals surface area contributed by atoms with Gasteiger partial charge in [-0.1, -0.05) is 72.8 Å². The standard InChI is InChI=1S/C25H23NO3/c1-17(2)26-22-11-7-6-10-21(22)25(29,24(26)28)16-23(27)20-14-12-19(13-15-20)18-8-4-3-5-9-18/h3-15,17,29H,16H2,1-2H3/t25-/m0/s1. The van der Waals surface area contributed by atoms with Crippen molar-refractivity contribution >= 4 is 17.4 Å². The highest BCUT2D eigenvalue weighted by molar-refractivity contribution is 6.11. The van der Waals surface area contributed by atoms with Gasteiger partial charge in [-0.25, -0.2) is 0 Å². The molecular weight excluding hydrogens is 362 g/mol. The summed E-state index contributed by atoms with van der Waals surface area (Å²) in [5.74, 6) is -0.705. The second-order valence-corrected chi connectivity index (χ2v) is 7.69. The maximum atomic E-state index is 13.1. The summed E-state index contributed by atoms with van der Waals surface area (Å²) >= 11 is 0. The van der Waals surface area contributed by atoms with E-state index >= 15 is 0 Å². The molecule has 0 aromatic heterocycles. The van der Waals surface area contributed by atoms with Crippen LogP contribution in [-0.4, -0.2) is 22.8 Å². The van der Waals surface area contributed by atoms with Gasteiger partial charge in [0.1, 0.15) is 0 Å². The molecule has 1 aliphatic rings. The fourth-order valence-electron chi connectivity index (χ4n) is 3.95. The molecule has 0 radical (unpaired) electrons. The van der Waals surface area contributed by atoms with E-state index in [0.717, 1.165) is 11.1 Å². The van der Waals surface area contributed by atoms with Crippen LogP contribution in [0.2, 0.25) is 0 Å².